The molecular formula is C30H34F7N5O5. The first-order valence-electron chi connectivity index (χ1n) is 14.4. The lowest BCUT2D eigenvalue weighted by Gasteiger charge is -2.32. The average Bonchev–Trinajstić information content (AvgIpc) is 3.31. The molecule has 1 fully saturated rings. The molecule has 17 heteroatoms. The van der Waals surface area contributed by atoms with E-state index in [1.165, 1.54) is 34.6 Å². The summed E-state index contributed by atoms with van der Waals surface area (Å²) in [6.45, 7) is 4.80. The molecule has 47 heavy (non-hydrogen) atoms. The van der Waals surface area contributed by atoms with Gasteiger partial charge in [-0.15, -0.1) is 5.10 Å². The fraction of sp³-hybridized carbons (Fsp3) is 0.467. The number of ether oxygens (including phenoxy) is 1. The lowest BCUT2D eigenvalue weighted by atomic mass is 9.96. The van der Waals surface area contributed by atoms with Gasteiger partial charge in [-0.05, 0) is 82.1 Å². The number of benzene rings is 2. The van der Waals surface area contributed by atoms with Crippen molar-refractivity contribution in [2.45, 2.75) is 58.0 Å². The van der Waals surface area contributed by atoms with Crippen molar-refractivity contribution in [1.82, 2.24) is 24.6 Å². The van der Waals surface area contributed by atoms with E-state index in [4.69, 9.17) is 14.6 Å². The van der Waals surface area contributed by atoms with Gasteiger partial charge >= 0.3 is 24.0 Å². The van der Waals surface area contributed by atoms with Gasteiger partial charge < -0.3 is 20.1 Å². The zero-order chi connectivity index (χ0) is 35.1. The summed E-state index contributed by atoms with van der Waals surface area (Å²) < 4.78 is 92.0. The van der Waals surface area contributed by atoms with Crippen molar-refractivity contribution in [3.63, 3.8) is 0 Å². The van der Waals surface area contributed by atoms with Gasteiger partial charge in [0.25, 0.3) is 0 Å². The second-order valence-corrected chi connectivity index (χ2v) is 11.1. The Morgan fingerprint density at radius 1 is 1.04 bits per heavy atom. The molecule has 1 saturated heterocycles. The Morgan fingerprint density at radius 3 is 2.15 bits per heavy atom. The number of alkyl halides is 6. The number of piperidine rings is 1. The zero-order valence-electron chi connectivity index (χ0n) is 25.7. The van der Waals surface area contributed by atoms with Crippen molar-refractivity contribution in [3.05, 3.63) is 64.3 Å². The number of hydrogen-bond acceptors (Lipinski definition) is 6. The lowest BCUT2D eigenvalue weighted by Crippen LogP contribution is -2.39. The second-order valence-electron chi connectivity index (χ2n) is 11.1. The molecule has 2 aromatic carbocycles. The van der Waals surface area contributed by atoms with Crippen LogP contribution in [0.1, 0.15) is 32.3 Å². The molecule has 0 radical (unpaired) electrons. The molecule has 1 aromatic heterocycles. The van der Waals surface area contributed by atoms with Crippen LogP contribution >= 0.6 is 0 Å². The van der Waals surface area contributed by atoms with Gasteiger partial charge in [0.15, 0.2) is 17.4 Å². The lowest BCUT2D eigenvalue weighted by molar-refractivity contribution is -0.192. The number of likely N-dealkylation sites (tertiary alicyclic amines) is 1. The first kappa shape index (κ1) is 37.1. The molecule has 0 spiro atoms. The molecule has 0 aliphatic carbocycles. The average molecular weight is 678 g/mol. The molecule has 1 aliphatic rings. The van der Waals surface area contributed by atoms with Crippen LogP contribution in [0.2, 0.25) is 0 Å². The van der Waals surface area contributed by atoms with E-state index in [-0.39, 0.29) is 42.9 Å². The van der Waals surface area contributed by atoms with Crippen LogP contribution in [0.3, 0.4) is 0 Å². The number of halogens is 7. The number of hydrogen-bond donors (Lipinski definition) is 2. The fourth-order valence-corrected chi connectivity index (χ4v) is 4.81. The minimum Gasteiger partial charge on any atom is -0.494 e. The van der Waals surface area contributed by atoms with Crippen LogP contribution in [-0.4, -0.2) is 81.4 Å². The molecular weight excluding hydrogens is 643 g/mol. The van der Waals surface area contributed by atoms with E-state index in [1.54, 1.807) is 12.1 Å². The van der Waals surface area contributed by atoms with Crippen LogP contribution in [0.5, 0.6) is 5.75 Å². The quantitative estimate of drug-likeness (QED) is 0.312. The molecule has 3 aromatic rings. The Labute approximate surface area is 264 Å². The fourth-order valence-electron chi connectivity index (χ4n) is 4.81. The van der Waals surface area contributed by atoms with Gasteiger partial charge in [-0.3, -0.25) is 9.36 Å². The van der Waals surface area contributed by atoms with Crippen LogP contribution in [0, 0.1) is 11.7 Å². The molecule has 1 aliphatic heterocycles. The minimum atomic E-state index is -5.08. The summed E-state index contributed by atoms with van der Waals surface area (Å²) in [5.74, 6) is -4.77. The van der Waals surface area contributed by atoms with E-state index in [2.05, 4.69) is 10.4 Å². The van der Waals surface area contributed by atoms with E-state index in [9.17, 15) is 40.3 Å². The molecule has 2 heterocycles. The van der Waals surface area contributed by atoms with Crippen LogP contribution in [0.25, 0.3) is 17.1 Å². The normalized spacial score (nSPS) is 14.4. The zero-order valence-corrected chi connectivity index (χ0v) is 25.7. The molecule has 0 bridgehead atoms. The van der Waals surface area contributed by atoms with Crippen molar-refractivity contribution in [3.8, 4) is 22.8 Å². The van der Waals surface area contributed by atoms with E-state index in [0.717, 1.165) is 5.56 Å². The number of carboxylic acid groups (broad SMARTS) is 1. The Hall–Kier alpha value is -4.41. The number of nitrogens with one attached hydrogen (secondary N) is 1. The maximum Gasteiger partial charge on any atom is 0.490 e. The summed E-state index contributed by atoms with van der Waals surface area (Å²) in [7, 11) is 1.33. The highest BCUT2D eigenvalue weighted by Crippen LogP contribution is 2.34. The highest BCUT2D eigenvalue weighted by Gasteiger charge is 2.41. The SMILES string of the molecule is COc1cc(-c2nn(-c3ccc(CCN4CCC(C(F)(F)F)CC4)cc3)c(=O)n2CC(=O)NC(C)C)ccc1F.O=C(O)C(F)(F)F. The Kier molecular flexibility index (Phi) is 12.2. The Balaban J connectivity index is 0.000000771. The number of nitrogens with zero attached hydrogens (tertiary/aromatic N) is 4. The van der Waals surface area contributed by atoms with Gasteiger partial charge in [-0.1, -0.05) is 12.1 Å². The smallest absolute Gasteiger partial charge is 0.490 e. The molecule has 1 amide bonds. The van der Waals surface area contributed by atoms with Crippen LogP contribution in [0.4, 0.5) is 30.7 Å². The highest BCUT2D eigenvalue weighted by atomic mass is 19.4. The van der Waals surface area contributed by atoms with E-state index < -0.39 is 35.7 Å². The van der Waals surface area contributed by atoms with Gasteiger partial charge in [-0.2, -0.15) is 31.0 Å². The van der Waals surface area contributed by atoms with E-state index in [1.807, 2.05) is 30.9 Å². The highest BCUT2D eigenvalue weighted by molar-refractivity contribution is 5.76. The van der Waals surface area contributed by atoms with Crippen molar-refractivity contribution in [2.24, 2.45) is 5.92 Å². The second kappa shape index (κ2) is 15.5. The third kappa shape index (κ3) is 10.3. The number of amides is 1. The monoisotopic (exact) mass is 677 g/mol. The third-order valence-electron chi connectivity index (χ3n) is 7.21. The number of rotatable bonds is 9. The molecule has 258 valence electrons. The molecule has 0 atom stereocenters. The Bertz CT molecular complexity index is 1580. The number of methoxy groups -OCH3 is 1. The number of carbonyl (C=O) groups is 2. The van der Waals surface area contributed by atoms with Crippen molar-refractivity contribution < 1.29 is 50.2 Å². The summed E-state index contributed by atoms with van der Waals surface area (Å²) in [5, 5.41) is 14.4. The third-order valence-corrected chi connectivity index (χ3v) is 7.21. The van der Waals surface area contributed by atoms with E-state index in [0.29, 0.717) is 37.3 Å². The summed E-state index contributed by atoms with van der Waals surface area (Å²) in [5.41, 5.74) is 1.29. The molecule has 2 N–H and O–H groups in total. The standard InChI is InChI=1S/C28H33F4N5O3.C2HF3O2/c1-18(2)33-25(38)17-36-26(20-6-9-23(29)24(16-20)40-3)34-37(27(36)39)22-7-4-19(5-8-22)10-13-35-14-11-21(12-15-35)28(30,31)32;3-2(4,5)1(6)7/h4-9,16,18,21H,10-15,17H2,1-3H3,(H,33,38);(H,6,7). The largest absolute Gasteiger partial charge is 0.494 e. The molecule has 0 unspecified atom stereocenters. The summed E-state index contributed by atoms with van der Waals surface area (Å²) in [4.78, 5) is 36.9. The number of aliphatic carboxylic acids is 1. The Morgan fingerprint density at radius 2 is 1.64 bits per heavy atom. The summed E-state index contributed by atoms with van der Waals surface area (Å²) in [6, 6.07) is 11.1. The van der Waals surface area contributed by atoms with Crippen LogP contribution < -0.4 is 15.7 Å². The maximum atomic E-state index is 14.0. The predicted molar refractivity (Wildman–Crippen MR) is 156 cm³/mol. The van der Waals surface area contributed by atoms with Crippen molar-refractivity contribution >= 4 is 11.9 Å². The summed E-state index contributed by atoms with van der Waals surface area (Å²) >= 11 is 0. The van der Waals surface area contributed by atoms with Crippen molar-refractivity contribution in [2.75, 3.05) is 26.7 Å². The topological polar surface area (TPSA) is 119 Å². The van der Waals surface area contributed by atoms with Crippen LogP contribution in [0.15, 0.2) is 47.3 Å². The van der Waals surface area contributed by atoms with Gasteiger partial charge in [0.05, 0.1) is 18.7 Å². The molecule has 4 rings (SSSR count). The molecule has 10 nitrogen and oxygen atoms in total. The van der Waals surface area contributed by atoms with E-state index >= 15 is 0 Å². The number of carboxylic acids is 1. The van der Waals surface area contributed by atoms with Crippen molar-refractivity contribution in [1.29, 1.82) is 0 Å². The summed E-state index contributed by atoms with van der Waals surface area (Å²) in [6.07, 6.45) is -8.33. The molecule has 0 saturated carbocycles. The minimum absolute atomic E-state index is 0.0235. The number of carbonyl (C=O) groups excluding carboxylic acids is 1. The predicted octanol–water partition coefficient (Wildman–Crippen LogP) is 4.82. The number of aromatic nitrogens is 3. The van der Waals surface area contributed by atoms with Gasteiger partial charge in [-0.25, -0.2) is 14.0 Å². The first-order chi connectivity index (χ1) is 21.9. The van der Waals surface area contributed by atoms with Gasteiger partial charge in [0.2, 0.25) is 5.91 Å². The van der Waals surface area contributed by atoms with Gasteiger partial charge in [0, 0.05) is 18.2 Å². The maximum absolute atomic E-state index is 14.0. The van der Waals surface area contributed by atoms with Crippen LogP contribution in [-0.2, 0) is 22.6 Å². The first-order valence-corrected chi connectivity index (χ1v) is 14.4. The van der Waals surface area contributed by atoms with Gasteiger partial charge in [0.1, 0.15) is 6.54 Å².